The minimum atomic E-state index is -0.829. The maximum absolute atomic E-state index is 12.8. The van der Waals surface area contributed by atoms with Crippen molar-refractivity contribution in [3.63, 3.8) is 0 Å². The molecule has 0 aliphatic heterocycles. The van der Waals surface area contributed by atoms with Crippen molar-refractivity contribution in [3.8, 4) is 11.3 Å². The first-order chi connectivity index (χ1) is 13.3. The first-order valence-electron chi connectivity index (χ1n) is 9.51. The van der Waals surface area contributed by atoms with Gasteiger partial charge in [0.05, 0.1) is 28.0 Å². The van der Waals surface area contributed by atoms with E-state index in [0.717, 1.165) is 42.1 Å². The number of aromatic nitrogens is 3. The second-order valence-electron chi connectivity index (χ2n) is 7.80. The fourth-order valence-electron chi connectivity index (χ4n) is 3.99. The van der Waals surface area contributed by atoms with E-state index in [4.69, 9.17) is 17.3 Å². The van der Waals surface area contributed by atoms with Crippen LogP contribution in [0.5, 0.6) is 0 Å². The third kappa shape index (κ3) is 3.06. The third-order valence-corrected chi connectivity index (χ3v) is 5.80. The second-order valence-corrected chi connectivity index (χ2v) is 8.21. The summed E-state index contributed by atoms with van der Waals surface area (Å²) in [6.07, 6.45) is 6.69. The summed E-state index contributed by atoms with van der Waals surface area (Å²) in [5.74, 6) is -0.0872. The topological polar surface area (TPSA) is 94.0 Å². The van der Waals surface area contributed by atoms with Crippen LogP contribution in [0.25, 0.3) is 22.2 Å². The molecule has 2 aromatic heterocycles. The molecule has 1 aliphatic rings. The number of nitrogen functional groups attached to an aromatic ring is 1. The van der Waals surface area contributed by atoms with Crippen LogP contribution in [0.1, 0.15) is 49.9 Å². The van der Waals surface area contributed by atoms with Crippen LogP contribution in [0.2, 0.25) is 5.02 Å². The Morgan fingerprint density at radius 2 is 2.04 bits per heavy atom. The van der Waals surface area contributed by atoms with E-state index < -0.39 is 5.60 Å². The molecule has 1 aliphatic carbocycles. The van der Waals surface area contributed by atoms with Gasteiger partial charge in [-0.2, -0.15) is 0 Å². The lowest BCUT2D eigenvalue weighted by molar-refractivity contribution is 0.0446. The average molecular weight is 399 g/mol. The molecule has 0 spiro atoms. The van der Waals surface area contributed by atoms with Crippen molar-refractivity contribution < 1.29 is 9.90 Å². The smallest absolute Gasteiger partial charge is 0.233 e. The molecule has 2 heterocycles. The van der Waals surface area contributed by atoms with Gasteiger partial charge in [0, 0.05) is 23.1 Å². The highest BCUT2D eigenvalue weighted by Gasteiger charge is 2.33. The molecule has 28 heavy (non-hydrogen) atoms. The van der Waals surface area contributed by atoms with E-state index in [-0.39, 0.29) is 17.8 Å². The van der Waals surface area contributed by atoms with Crippen molar-refractivity contribution in [2.45, 2.75) is 45.1 Å². The number of carbonyl (C=O) groups excluding carboxylic acids is 1. The number of hydrogen-bond acceptors (Lipinski definition) is 5. The van der Waals surface area contributed by atoms with Gasteiger partial charge in [-0.15, -0.1) is 0 Å². The normalized spacial score (nSPS) is 16.2. The number of hydrogen-bond donors (Lipinski definition) is 2. The van der Waals surface area contributed by atoms with Gasteiger partial charge >= 0.3 is 0 Å². The van der Waals surface area contributed by atoms with Gasteiger partial charge in [-0.3, -0.25) is 9.36 Å². The Kier molecular flexibility index (Phi) is 4.63. The number of nitrogens with two attached hydrogens (primary N) is 1. The Morgan fingerprint density at radius 3 is 2.71 bits per heavy atom. The fraction of sp³-hybridized carbons (Fsp3) is 0.381. The molecule has 0 bridgehead atoms. The van der Waals surface area contributed by atoms with E-state index in [9.17, 15) is 9.90 Å². The van der Waals surface area contributed by atoms with Gasteiger partial charge in [-0.05, 0) is 30.5 Å². The standard InChI is InChI=1S/C21H23ClN4O2/c1-12(2)19(27)26-11-15(18-16(22)10-24-20(23)25-18)14-9-13(5-6-17(14)26)21(28)7-3-4-8-21/h5-6,9-12,28H,3-4,7-8H2,1-2H3,(H2,23,24,25). The predicted octanol–water partition coefficient (Wildman–Crippen LogP) is 4.39. The molecule has 3 N–H and O–H groups in total. The van der Waals surface area contributed by atoms with E-state index in [1.807, 2.05) is 32.0 Å². The molecule has 1 aromatic carbocycles. The monoisotopic (exact) mass is 398 g/mol. The van der Waals surface area contributed by atoms with Crippen LogP contribution in [0, 0.1) is 5.92 Å². The van der Waals surface area contributed by atoms with Crippen molar-refractivity contribution in [1.82, 2.24) is 14.5 Å². The molecule has 0 atom stereocenters. The van der Waals surface area contributed by atoms with Gasteiger partial charge in [0.25, 0.3) is 0 Å². The van der Waals surface area contributed by atoms with Gasteiger partial charge in [-0.1, -0.05) is 44.4 Å². The molecule has 1 fully saturated rings. The second kappa shape index (κ2) is 6.87. The summed E-state index contributed by atoms with van der Waals surface area (Å²) in [5.41, 5.74) is 7.74. The van der Waals surface area contributed by atoms with Crippen molar-refractivity contribution >= 4 is 34.4 Å². The minimum Gasteiger partial charge on any atom is -0.385 e. The zero-order valence-corrected chi connectivity index (χ0v) is 16.7. The van der Waals surface area contributed by atoms with Crippen LogP contribution in [0.4, 0.5) is 5.95 Å². The predicted molar refractivity (Wildman–Crippen MR) is 110 cm³/mol. The molecule has 0 amide bonds. The Bertz CT molecular complexity index is 1070. The lowest BCUT2D eigenvalue weighted by Gasteiger charge is -2.23. The van der Waals surface area contributed by atoms with E-state index in [1.54, 1.807) is 10.8 Å². The van der Waals surface area contributed by atoms with Crippen LogP contribution < -0.4 is 5.73 Å². The molecule has 0 saturated heterocycles. The van der Waals surface area contributed by atoms with Crippen molar-refractivity contribution in [3.05, 3.63) is 41.2 Å². The molecular weight excluding hydrogens is 376 g/mol. The van der Waals surface area contributed by atoms with Gasteiger partial charge in [0.1, 0.15) is 0 Å². The first-order valence-corrected chi connectivity index (χ1v) is 9.88. The first kappa shape index (κ1) is 18.9. The molecule has 0 unspecified atom stereocenters. The maximum Gasteiger partial charge on any atom is 0.233 e. The number of fused-ring (bicyclic) bond motifs is 1. The summed E-state index contributed by atoms with van der Waals surface area (Å²) in [4.78, 5) is 21.0. The van der Waals surface area contributed by atoms with Crippen LogP contribution in [0.3, 0.4) is 0 Å². The zero-order chi connectivity index (χ0) is 20.1. The summed E-state index contributed by atoms with van der Waals surface area (Å²) < 4.78 is 1.63. The number of rotatable bonds is 3. The molecule has 146 valence electrons. The number of anilines is 1. The van der Waals surface area contributed by atoms with Gasteiger partial charge in [-0.25, -0.2) is 9.97 Å². The summed E-state index contributed by atoms with van der Waals surface area (Å²) in [6.45, 7) is 3.72. The van der Waals surface area contributed by atoms with E-state index in [2.05, 4.69) is 9.97 Å². The quantitative estimate of drug-likeness (QED) is 0.682. The van der Waals surface area contributed by atoms with Crippen molar-refractivity contribution in [1.29, 1.82) is 0 Å². The Labute approximate surface area is 168 Å². The number of benzene rings is 1. The summed E-state index contributed by atoms with van der Waals surface area (Å²) in [7, 11) is 0. The van der Waals surface area contributed by atoms with Crippen molar-refractivity contribution in [2.75, 3.05) is 5.73 Å². The SMILES string of the molecule is CC(C)C(=O)n1cc(-c2nc(N)ncc2Cl)c2cc(C3(O)CCCC3)ccc21. The lowest BCUT2D eigenvalue weighted by Crippen LogP contribution is -2.20. The Morgan fingerprint density at radius 1 is 1.32 bits per heavy atom. The number of halogens is 1. The van der Waals surface area contributed by atoms with Crippen LogP contribution in [-0.4, -0.2) is 25.5 Å². The molecule has 4 rings (SSSR count). The lowest BCUT2D eigenvalue weighted by atomic mass is 9.91. The molecule has 6 nitrogen and oxygen atoms in total. The number of aliphatic hydroxyl groups is 1. The minimum absolute atomic E-state index is 0.0262. The molecule has 0 radical (unpaired) electrons. The number of carbonyl (C=O) groups is 1. The molecular formula is C21H23ClN4O2. The highest BCUT2D eigenvalue weighted by atomic mass is 35.5. The van der Waals surface area contributed by atoms with Crippen LogP contribution in [0.15, 0.2) is 30.6 Å². The summed E-state index contributed by atoms with van der Waals surface area (Å²) >= 11 is 6.35. The molecule has 1 saturated carbocycles. The highest BCUT2D eigenvalue weighted by molar-refractivity contribution is 6.33. The van der Waals surface area contributed by atoms with Crippen LogP contribution >= 0.6 is 11.6 Å². The third-order valence-electron chi connectivity index (χ3n) is 5.52. The van der Waals surface area contributed by atoms with E-state index >= 15 is 0 Å². The number of nitrogens with zero attached hydrogens (tertiary/aromatic N) is 3. The summed E-state index contributed by atoms with van der Waals surface area (Å²) in [5, 5.41) is 12.2. The van der Waals surface area contributed by atoms with Gasteiger partial charge in [0.2, 0.25) is 11.9 Å². The molecule has 3 aromatic rings. The largest absolute Gasteiger partial charge is 0.385 e. The molecule has 7 heteroatoms. The average Bonchev–Trinajstić information content (AvgIpc) is 3.27. The Balaban J connectivity index is 1.99. The fourth-order valence-corrected chi connectivity index (χ4v) is 4.18. The van der Waals surface area contributed by atoms with Gasteiger partial charge in [0.15, 0.2) is 0 Å². The Hall–Kier alpha value is -2.44. The van der Waals surface area contributed by atoms with Crippen molar-refractivity contribution in [2.24, 2.45) is 5.92 Å². The summed E-state index contributed by atoms with van der Waals surface area (Å²) in [6, 6.07) is 5.76. The maximum atomic E-state index is 12.8. The van der Waals surface area contributed by atoms with Gasteiger partial charge < -0.3 is 10.8 Å². The van der Waals surface area contributed by atoms with E-state index in [1.165, 1.54) is 6.20 Å². The van der Waals surface area contributed by atoms with Crippen LogP contribution in [-0.2, 0) is 5.60 Å². The van der Waals surface area contributed by atoms with E-state index in [0.29, 0.717) is 16.3 Å². The zero-order valence-electron chi connectivity index (χ0n) is 15.9. The highest BCUT2D eigenvalue weighted by Crippen LogP contribution is 2.41.